The van der Waals surface area contributed by atoms with E-state index in [2.05, 4.69) is 40.0 Å². The van der Waals surface area contributed by atoms with Gasteiger partial charge >= 0.3 is 0 Å². The topological polar surface area (TPSA) is 58.3 Å². The van der Waals surface area contributed by atoms with Gasteiger partial charge in [-0.3, -0.25) is 0 Å². The van der Waals surface area contributed by atoms with E-state index in [9.17, 15) is 0 Å². The Morgan fingerprint density at radius 1 is 1.08 bits per heavy atom. The van der Waals surface area contributed by atoms with Gasteiger partial charge in [-0.05, 0) is 30.3 Å². The van der Waals surface area contributed by atoms with Crippen LogP contribution in [0.15, 0.2) is 48.7 Å². The van der Waals surface area contributed by atoms with Crippen LogP contribution in [0.25, 0.3) is 10.9 Å². The third kappa shape index (κ3) is 4.22. The smallest absolute Gasteiger partial charge is 0.170 e. The second kappa shape index (κ2) is 7.90. The highest BCUT2D eigenvalue weighted by molar-refractivity contribution is 7.80. The lowest BCUT2D eigenvalue weighted by molar-refractivity contribution is 0.395. The second-order valence-electron chi connectivity index (χ2n) is 5.59. The molecule has 0 unspecified atom stereocenters. The molecule has 25 heavy (non-hydrogen) atoms. The van der Waals surface area contributed by atoms with E-state index in [4.69, 9.17) is 21.7 Å². The van der Waals surface area contributed by atoms with Crippen molar-refractivity contribution < 1.29 is 9.47 Å². The molecule has 0 aliphatic heterocycles. The molecule has 1 aromatic heterocycles. The van der Waals surface area contributed by atoms with Crippen molar-refractivity contribution >= 4 is 33.9 Å². The van der Waals surface area contributed by atoms with Crippen LogP contribution < -0.4 is 20.1 Å². The molecule has 3 aromatic rings. The van der Waals surface area contributed by atoms with E-state index in [0.29, 0.717) is 16.6 Å². The summed E-state index contributed by atoms with van der Waals surface area (Å²) in [6.07, 6.45) is 2.93. The molecule has 0 bridgehead atoms. The van der Waals surface area contributed by atoms with E-state index in [1.807, 2.05) is 24.3 Å². The number of aromatic nitrogens is 1. The van der Waals surface area contributed by atoms with Crippen molar-refractivity contribution in [1.29, 1.82) is 0 Å². The summed E-state index contributed by atoms with van der Waals surface area (Å²) in [4.78, 5) is 3.29. The summed E-state index contributed by atoms with van der Waals surface area (Å²) in [7, 11) is 3.24. The third-order valence-corrected chi connectivity index (χ3v) is 4.21. The van der Waals surface area contributed by atoms with Crippen molar-refractivity contribution in [2.45, 2.75) is 6.42 Å². The molecular weight excluding hydrogens is 334 g/mol. The Bertz CT molecular complexity index is 854. The minimum absolute atomic E-state index is 0.565. The molecule has 3 N–H and O–H groups in total. The van der Waals surface area contributed by atoms with Gasteiger partial charge in [-0.1, -0.05) is 18.2 Å². The summed E-state index contributed by atoms with van der Waals surface area (Å²) >= 11 is 5.37. The van der Waals surface area contributed by atoms with E-state index < -0.39 is 0 Å². The average Bonchev–Trinajstić information content (AvgIpc) is 3.04. The number of fused-ring (bicyclic) bond motifs is 1. The maximum absolute atomic E-state index is 5.37. The molecule has 0 amide bonds. The largest absolute Gasteiger partial charge is 0.497 e. The highest BCUT2D eigenvalue weighted by atomic mass is 32.1. The molecule has 2 aromatic carbocycles. The van der Waals surface area contributed by atoms with Gasteiger partial charge in [0.15, 0.2) is 5.11 Å². The van der Waals surface area contributed by atoms with Crippen LogP contribution in [-0.2, 0) is 6.42 Å². The maximum Gasteiger partial charge on any atom is 0.170 e. The molecule has 0 saturated heterocycles. The predicted molar refractivity (Wildman–Crippen MR) is 106 cm³/mol. The molecule has 6 heteroatoms. The van der Waals surface area contributed by atoms with Crippen LogP contribution in [-0.4, -0.2) is 30.9 Å². The van der Waals surface area contributed by atoms with Crippen molar-refractivity contribution in [3.05, 3.63) is 54.2 Å². The maximum atomic E-state index is 5.37. The molecule has 0 atom stereocenters. The number of thiocarbonyl (C=S) groups is 1. The summed E-state index contributed by atoms with van der Waals surface area (Å²) in [5.41, 5.74) is 3.25. The molecule has 0 radical (unpaired) electrons. The number of hydrogen-bond acceptors (Lipinski definition) is 3. The van der Waals surface area contributed by atoms with Gasteiger partial charge in [0.1, 0.15) is 11.5 Å². The first-order valence-corrected chi connectivity index (χ1v) is 8.43. The molecule has 0 fully saturated rings. The van der Waals surface area contributed by atoms with Crippen LogP contribution in [0.1, 0.15) is 5.56 Å². The number of methoxy groups -OCH3 is 2. The zero-order chi connectivity index (χ0) is 17.6. The van der Waals surface area contributed by atoms with E-state index in [0.717, 1.165) is 24.2 Å². The zero-order valence-corrected chi connectivity index (χ0v) is 15.1. The fourth-order valence-corrected chi connectivity index (χ4v) is 2.92. The SMILES string of the molecule is COc1cc(NC(=S)NCCc2c[nH]c3ccccc23)cc(OC)c1. The lowest BCUT2D eigenvalue weighted by Gasteiger charge is -2.12. The summed E-state index contributed by atoms with van der Waals surface area (Å²) in [6.45, 7) is 0.745. The second-order valence-corrected chi connectivity index (χ2v) is 6.00. The van der Waals surface area contributed by atoms with Crippen molar-refractivity contribution in [3.8, 4) is 11.5 Å². The number of benzene rings is 2. The predicted octanol–water partition coefficient (Wildman–Crippen LogP) is 3.71. The number of para-hydroxylation sites is 1. The lowest BCUT2D eigenvalue weighted by Crippen LogP contribution is -2.30. The van der Waals surface area contributed by atoms with Crippen LogP contribution in [0, 0.1) is 0 Å². The highest BCUT2D eigenvalue weighted by Crippen LogP contribution is 2.25. The fraction of sp³-hybridized carbons (Fsp3) is 0.211. The quantitative estimate of drug-likeness (QED) is 0.589. The lowest BCUT2D eigenvalue weighted by atomic mass is 10.1. The van der Waals surface area contributed by atoms with Crippen LogP contribution in [0.2, 0.25) is 0 Å². The van der Waals surface area contributed by atoms with E-state index >= 15 is 0 Å². The molecule has 0 spiro atoms. The monoisotopic (exact) mass is 355 g/mol. The average molecular weight is 355 g/mol. The summed E-state index contributed by atoms with van der Waals surface area (Å²) in [5.74, 6) is 1.42. The molecule has 1 heterocycles. The van der Waals surface area contributed by atoms with Crippen LogP contribution in [0.3, 0.4) is 0 Å². The van der Waals surface area contributed by atoms with Gasteiger partial charge in [-0.15, -0.1) is 0 Å². The number of rotatable bonds is 6. The van der Waals surface area contributed by atoms with Crippen molar-refractivity contribution in [2.24, 2.45) is 0 Å². The Morgan fingerprint density at radius 3 is 2.52 bits per heavy atom. The molecular formula is C19H21N3O2S. The summed E-state index contributed by atoms with van der Waals surface area (Å²) in [6, 6.07) is 13.8. The Kier molecular flexibility index (Phi) is 5.40. The van der Waals surface area contributed by atoms with Gasteiger partial charge in [0.25, 0.3) is 0 Å². The van der Waals surface area contributed by atoms with E-state index in [-0.39, 0.29) is 0 Å². The van der Waals surface area contributed by atoms with Gasteiger partial charge < -0.3 is 25.1 Å². The number of H-pyrrole nitrogens is 1. The van der Waals surface area contributed by atoms with Gasteiger partial charge in [0.05, 0.1) is 14.2 Å². The molecule has 0 saturated carbocycles. The van der Waals surface area contributed by atoms with Gasteiger partial charge in [-0.25, -0.2) is 0 Å². The number of aromatic amines is 1. The minimum atomic E-state index is 0.565. The van der Waals surface area contributed by atoms with Gasteiger partial charge in [0.2, 0.25) is 0 Å². The van der Waals surface area contributed by atoms with Crippen LogP contribution in [0.4, 0.5) is 5.69 Å². The van der Waals surface area contributed by atoms with Crippen molar-refractivity contribution in [1.82, 2.24) is 10.3 Å². The molecule has 0 aliphatic rings. The first-order chi connectivity index (χ1) is 12.2. The first-order valence-electron chi connectivity index (χ1n) is 8.02. The van der Waals surface area contributed by atoms with Crippen LogP contribution >= 0.6 is 12.2 Å². The Morgan fingerprint density at radius 2 is 1.80 bits per heavy atom. The Labute approximate surface area is 152 Å². The number of nitrogens with one attached hydrogen (secondary N) is 3. The fourth-order valence-electron chi connectivity index (χ4n) is 2.70. The first kappa shape index (κ1) is 17.1. The van der Waals surface area contributed by atoms with Crippen molar-refractivity contribution in [3.63, 3.8) is 0 Å². The molecule has 5 nitrogen and oxygen atoms in total. The van der Waals surface area contributed by atoms with Crippen molar-refractivity contribution in [2.75, 3.05) is 26.1 Å². The summed E-state index contributed by atoms with van der Waals surface area (Å²) in [5, 5.41) is 8.21. The number of anilines is 1. The molecule has 0 aliphatic carbocycles. The third-order valence-electron chi connectivity index (χ3n) is 3.96. The van der Waals surface area contributed by atoms with E-state index in [1.165, 1.54) is 10.9 Å². The standard InChI is InChI=1S/C19H21N3O2S/c1-23-15-9-14(10-16(11-15)24-2)22-19(25)20-8-7-13-12-21-18-6-4-3-5-17(13)18/h3-6,9-12,21H,7-8H2,1-2H3,(H2,20,22,25). The molecule has 3 rings (SSSR count). The van der Waals surface area contributed by atoms with E-state index in [1.54, 1.807) is 14.2 Å². The Balaban J connectivity index is 1.56. The zero-order valence-electron chi connectivity index (χ0n) is 14.3. The molecule has 130 valence electrons. The summed E-state index contributed by atoms with van der Waals surface area (Å²) < 4.78 is 10.5. The van der Waals surface area contributed by atoms with Gasteiger partial charge in [0, 0.05) is 47.5 Å². The minimum Gasteiger partial charge on any atom is -0.497 e. The van der Waals surface area contributed by atoms with Gasteiger partial charge in [-0.2, -0.15) is 0 Å². The normalized spacial score (nSPS) is 10.5. The number of ether oxygens (including phenoxy) is 2. The Hall–Kier alpha value is -2.73. The highest BCUT2D eigenvalue weighted by Gasteiger charge is 2.05. The van der Waals surface area contributed by atoms with Crippen LogP contribution in [0.5, 0.6) is 11.5 Å². The number of hydrogen-bond donors (Lipinski definition) is 3.